The molecule has 0 radical (unpaired) electrons. The van der Waals surface area contributed by atoms with Gasteiger partial charge in [0.15, 0.2) is 0 Å². The van der Waals surface area contributed by atoms with Gasteiger partial charge in [-0.2, -0.15) is 0 Å². The molecule has 2 aromatic heterocycles. The predicted molar refractivity (Wildman–Crippen MR) is 104 cm³/mol. The summed E-state index contributed by atoms with van der Waals surface area (Å²) in [6.45, 7) is 0. The molecule has 1 aliphatic rings. The van der Waals surface area contributed by atoms with Gasteiger partial charge in [-0.3, -0.25) is 9.78 Å². The quantitative estimate of drug-likeness (QED) is 0.655. The van der Waals surface area contributed by atoms with Crippen LogP contribution < -0.4 is 10.1 Å². The maximum absolute atomic E-state index is 14.0. The van der Waals surface area contributed by atoms with E-state index >= 15 is 0 Å². The van der Waals surface area contributed by atoms with E-state index in [9.17, 15) is 18.7 Å². The molecule has 9 heteroatoms. The largest absolute Gasteiger partial charge is 0.488 e. The molecule has 2 atom stereocenters. The number of halogens is 2. The summed E-state index contributed by atoms with van der Waals surface area (Å²) in [5.41, 5.74) is 0.117. The molecule has 2 unspecified atom stereocenters. The van der Waals surface area contributed by atoms with Crippen LogP contribution in [0.25, 0.3) is 10.6 Å². The maximum atomic E-state index is 14.0. The van der Waals surface area contributed by atoms with Crippen molar-refractivity contribution in [1.82, 2.24) is 9.97 Å². The van der Waals surface area contributed by atoms with Crippen molar-refractivity contribution in [1.29, 1.82) is 0 Å². The third kappa shape index (κ3) is 4.25. The number of nitrogens with one attached hydrogen (secondary N) is 1. The van der Waals surface area contributed by atoms with Crippen LogP contribution in [0.4, 0.5) is 14.5 Å². The van der Waals surface area contributed by atoms with Crippen molar-refractivity contribution in [3.63, 3.8) is 0 Å². The fraction of sp³-hybridized carbons (Fsp3) is 0.250. The number of rotatable bonds is 5. The van der Waals surface area contributed by atoms with Crippen molar-refractivity contribution in [2.24, 2.45) is 0 Å². The topological polar surface area (TPSA) is 84.3 Å². The lowest BCUT2D eigenvalue weighted by atomic mass is 10.2. The zero-order valence-electron chi connectivity index (χ0n) is 15.1. The van der Waals surface area contributed by atoms with E-state index in [1.54, 1.807) is 6.07 Å². The van der Waals surface area contributed by atoms with Gasteiger partial charge in [0.05, 0.1) is 17.9 Å². The molecule has 0 aliphatic heterocycles. The van der Waals surface area contributed by atoms with E-state index in [0.29, 0.717) is 24.3 Å². The van der Waals surface area contributed by atoms with E-state index < -0.39 is 17.5 Å². The Morgan fingerprint density at radius 3 is 2.76 bits per heavy atom. The Labute approximate surface area is 169 Å². The first-order valence-corrected chi connectivity index (χ1v) is 9.89. The van der Waals surface area contributed by atoms with Crippen molar-refractivity contribution < 1.29 is 23.4 Å². The summed E-state index contributed by atoms with van der Waals surface area (Å²) in [6, 6.07) is 5.17. The second-order valence-corrected chi connectivity index (χ2v) is 7.53. The number of aromatic nitrogens is 2. The first-order chi connectivity index (χ1) is 14.0. The maximum Gasteiger partial charge on any atom is 0.275 e. The number of aliphatic hydroxyl groups is 1. The van der Waals surface area contributed by atoms with Crippen LogP contribution >= 0.6 is 11.3 Å². The molecule has 2 N–H and O–H groups in total. The summed E-state index contributed by atoms with van der Waals surface area (Å²) in [7, 11) is 0. The summed E-state index contributed by atoms with van der Waals surface area (Å²) in [6.07, 6.45) is 4.39. The molecule has 1 fully saturated rings. The monoisotopic (exact) mass is 417 g/mol. The van der Waals surface area contributed by atoms with Crippen LogP contribution in [0.15, 0.2) is 42.0 Å². The number of anilines is 1. The van der Waals surface area contributed by atoms with Gasteiger partial charge in [0.1, 0.15) is 39.9 Å². The SMILES string of the molecule is O=C(Nc1cnccc1OC1CCC(O)C1)c1csc(-c2c(F)cccc2F)n1. The molecule has 1 saturated carbocycles. The Balaban J connectivity index is 1.51. The summed E-state index contributed by atoms with van der Waals surface area (Å²) < 4.78 is 33.8. The molecule has 1 aliphatic carbocycles. The summed E-state index contributed by atoms with van der Waals surface area (Å²) >= 11 is 0.974. The molecule has 29 heavy (non-hydrogen) atoms. The van der Waals surface area contributed by atoms with Gasteiger partial charge >= 0.3 is 0 Å². The first kappa shape index (κ1) is 19.4. The van der Waals surface area contributed by atoms with Crippen LogP contribution in [-0.2, 0) is 0 Å². The predicted octanol–water partition coefficient (Wildman–Crippen LogP) is 4.03. The molecule has 3 aromatic rings. The highest BCUT2D eigenvalue weighted by atomic mass is 32.1. The molecule has 0 spiro atoms. The van der Waals surface area contributed by atoms with Crippen molar-refractivity contribution >= 4 is 22.9 Å². The minimum absolute atomic E-state index is 0.0266. The average Bonchev–Trinajstić information content (AvgIpc) is 3.33. The highest BCUT2D eigenvalue weighted by Gasteiger charge is 2.25. The molecule has 6 nitrogen and oxygen atoms in total. The number of hydrogen-bond acceptors (Lipinski definition) is 6. The number of amides is 1. The van der Waals surface area contributed by atoms with E-state index in [1.807, 2.05) is 0 Å². The lowest BCUT2D eigenvalue weighted by Crippen LogP contribution is -2.17. The number of aliphatic hydroxyl groups excluding tert-OH is 1. The van der Waals surface area contributed by atoms with Gasteiger partial charge in [-0.15, -0.1) is 11.3 Å². The van der Waals surface area contributed by atoms with Gasteiger partial charge in [0.2, 0.25) is 0 Å². The molecular formula is C20H17F2N3O3S. The third-order valence-electron chi connectivity index (χ3n) is 4.59. The van der Waals surface area contributed by atoms with Gasteiger partial charge in [-0.05, 0) is 25.0 Å². The van der Waals surface area contributed by atoms with Crippen LogP contribution in [0, 0.1) is 11.6 Å². The standard InChI is InChI=1S/C20H17F2N3O3S/c21-13-2-1-3-14(22)18(13)20-25-16(10-29-20)19(27)24-15-9-23-7-6-17(15)28-12-5-4-11(26)8-12/h1-3,6-7,9-12,26H,4-5,8H2,(H,24,27). The molecular weight excluding hydrogens is 400 g/mol. The highest BCUT2D eigenvalue weighted by Crippen LogP contribution is 2.31. The average molecular weight is 417 g/mol. The Morgan fingerprint density at radius 1 is 1.24 bits per heavy atom. The van der Waals surface area contributed by atoms with Crippen molar-refractivity contribution in [2.45, 2.75) is 31.5 Å². The van der Waals surface area contributed by atoms with Gasteiger partial charge in [0, 0.05) is 24.1 Å². The molecule has 0 bridgehead atoms. The van der Waals surface area contributed by atoms with Crippen molar-refractivity contribution in [2.75, 3.05) is 5.32 Å². The van der Waals surface area contributed by atoms with Crippen LogP contribution in [0.2, 0.25) is 0 Å². The van der Waals surface area contributed by atoms with E-state index in [-0.39, 0.29) is 28.5 Å². The second-order valence-electron chi connectivity index (χ2n) is 6.67. The fourth-order valence-corrected chi connectivity index (χ4v) is 4.01. The van der Waals surface area contributed by atoms with E-state index in [2.05, 4.69) is 15.3 Å². The zero-order chi connectivity index (χ0) is 20.4. The van der Waals surface area contributed by atoms with E-state index in [0.717, 1.165) is 29.9 Å². The first-order valence-electron chi connectivity index (χ1n) is 9.01. The lowest BCUT2D eigenvalue weighted by molar-refractivity contribution is 0.102. The normalized spacial score (nSPS) is 18.6. The fourth-order valence-electron chi connectivity index (χ4n) is 3.16. The highest BCUT2D eigenvalue weighted by molar-refractivity contribution is 7.13. The number of pyridine rings is 1. The number of ether oxygens (including phenoxy) is 1. The number of carbonyl (C=O) groups excluding carboxylic acids is 1. The number of thiazole rings is 1. The summed E-state index contributed by atoms with van der Waals surface area (Å²) in [4.78, 5) is 20.7. The zero-order valence-corrected chi connectivity index (χ0v) is 16.0. The Bertz CT molecular complexity index is 1020. The number of benzene rings is 1. The molecule has 150 valence electrons. The Hall–Kier alpha value is -2.91. The van der Waals surface area contributed by atoms with Gasteiger partial charge < -0.3 is 15.2 Å². The van der Waals surface area contributed by atoms with Gasteiger partial charge in [-0.1, -0.05) is 6.07 Å². The lowest BCUT2D eigenvalue weighted by Gasteiger charge is -2.16. The minimum atomic E-state index is -0.743. The van der Waals surface area contributed by atoms with Crippen molar-refractivity contribution in [3.8, 4) is 16.3 Å². The smallest absolute Gasteiger partial charge is 0.275 e. The van der Waals surface area contributed by atoms with Gasteiger partial charge in [-0.25, -0.2) is 13.8 Å². The minimum Gasteiger partial charge on any atom is -0.488 e. The molecule has 2 heterocycles. The Morgan fingerprint density at radius 2 is 2.03 bits per heavy atom. The number of carbonyl (C=O) groups is 1. The van der Waals surface area contributed by atoms with E-state index in [4.69, 9.17) is 4.74 Å². The van der Waals surface area contributed by atoms with Crippen LogP contribution in [0.5, 0.6) is 5.75 Å². The number of nitrogens with zero attached hydrogens (tertiary/aromatic N) is 2. The molecule has 1 amide bonds. The summed E-state index contributed by atoms with van der Waals surface area (Å²) in [5, 5.41) is 13.8. The molecule has 4 rings (SSSR count). The second kappa shape index (κ2) is 8.22. The molecule has 1 aromatic carbocycles. The van der Waals surface area contributed by atoms with Crippen molar-refractivity contribution in [3.05, 3.63) is 59.4 Å². The third-order valence-corrected chi connectivity index (χ3v) is 5.45. The Kier molecular flexibility index (Phi) is 5.50. The van der Waals surface area contributed by atoms with Crippen LogP contribution in [0.3, 0.4) is 0 Å². The van der Waals surface area contributed by atoms with Crippen LogP contribution in [0.1, 0.15) is 29.8 Å². The summed E-state index contributed by atoms with van der Waals surface area (Å²) in [5.74, 6) is -1.60. The van der Waals surface area contributed by atoms with Crippen LogP contribution in [-0.4, -0.2) is 33.2 Å². The van der Waals surface area contributed by atoms with E-state index in [1.165, 1.54) is 23.8 Å². The molecule has 0 saturated heterocycles. The van der Waals surface area contributed by atoms with Gasteiger partial charge in [0.25, 0.3) is 5.91 Å². The number of hydrogen-bond donors (Lipinski definition) is 2.